The number of anilines is 1. The number of ether oxygens (including phenoxy) is 1. The second-order valence-electron chi connectivity index (χ2n) is 3.52. The molecule has 0 aromatic carbocycles. The zero-order valence-corrected chi connectivity index (χ0v) is 9.48. The lowest BCUT2D eigenvalue weighted by Crippen LogP contribution is -2.15. The number of H-pyrrole nitrogens is 1. The van der Waals surface area contributed by atoms with Gasteiger partial charge in [-0.15, -0.1) is 0 Å². The summed E-state index contributed by atoms with van der Waals surface area (Å²) in [5.74, 6) is -0.528. The van der Waals surface area contributed by atoms with Crippen molar-refractivity contribution in [1.82, 2.24) is 14.6 Å². The topological polar surface area (TPSA) is 102 Å². The summed E-state index contributed by atoms with van der Waals surface area (Å²) in [6.45, 7) is 3.58. The van der Waals surface area contributed by atoms with Gasteiger partial charge in [-0.05, 0) is 13.8 Å². The van der Waals surface area contributed by atoms with Gasteiger partial charge >= 0.3 is 5.97 Å². The summed E-state index contributed by atoms with van der Waals surface area (Å²) < 4.78 is 5.98. The second-order valence-corrected chi connectivity index (χ2v) is 3.52. The molecule has 0 radical (unpaired) electrons. The summed E-state index contributed by atoms with van der Waals surface area (Å²) in [6, 6.07) is 1.35. The van der Waals surface area contributed by atoms with Crippen molar-refractivity contribution in [1.29, 1.82) is 0 Å². The van der Waals surface area contributed by atoms with Gasteiger partial charge in [-0.1, -0.05) is 0 Å². The molecule has 0 amide bonds. The Morgan fingerprint density at radius 2 is 2.35 bits per heavy atom. The summed E-state index contributed by atoms with van der Waals surface area (Å²) in [5.41, 5.74) is 6.11. The lowest BCUT2D eigenvalue weighted by Gasteiger charge is -2.00. The maximum absolute atomic E-state index is 11.7. The third kappa shape index (κ3) is 1.75. The number of aromatic amines is 1. The Morgan fingerprint density at radius 1 is 1.65 bits per heavy atom. The summed E-state index contributed by atoms with van der Waals surface area (Å²) in [6.07, 6.45) is 0. The lowest BCUT2D eigenvalue weighted by molar-refractivity contribution is 0.0529. The SMILES string of the molecule is CCOC(=O)c1c(N)[nH]n2c(=O)cc(C)nc12. The van der Waals surface area contributed by atoms with Gasteiger partial charge in [-0.25, -0.2) is 9.78 Å². The minimum Gasteiger partial charge on any atom is -0.462 e. The van der Waals surface area contributed by atoms with Crippen LogP contribution in [0.4, 0.5) is 5.82 Å². The van der Waals surface area contributed by atoms with Crippen LogP contribution >= 0.6 is 0 Å². The molecule has 0 spiro atoms. The maximum Gasteiger partial charge on any atom is 0.345 e. The van der Waals surface area contributed by atoms with Crippen molar-refractivity contribution in [3.8, 4) is 0 Å². The molecule has 2 aromatic rings. The van der Waals surface area contributed by atoms with Crippen molar-refractivity contribution < 1.29 is 9.53 Å². The lowest BCUT2D eigenvalue weighted by atomic mass is 10.3. The maximum atomic E-state index is 11.7. The molecule has 0 bridgehead atoms. The fraction of sp³-hybridized carbons (Fsp3) is 0.300. The minimum atomic E-state index is -0.596. The first-order chi connectivity index (χ1) is 8.04. The van der Waals surface area contributed by atoms with E-state index in [1.807, 2.05) is 0 Å². The van der Waals surface area contributed by atoms with Crippen molar-refractivity contribution in [3.63, 3.8) is 0 Å². The Bertz CT molecular complexity index is 641. The highest BCUT2D eigenvalue weighted by Gasteiger charge is 2.20. The second kappa shape index (κ2) is 3.93. The Labute approximate surface area is 96.2 Å². The van der Waals surface area contributed by atoms with Gasteiger partial charge in [-0.2, -0.15) is 4.52 Å². The summed E-state index contributed by atoms with van der Waals surface area (Å²) in [5, 5.41) is 2.58. The molecular formula is C10H12N4O3. The fourth-order valence-corrected chi connectivity index (χ4v) is 1.57. The van der Waals surface area contributed by atoms with Crippen molar-refractivity contribution in [2.24, 2.45) is 0 Å². The highest BCUT2D eigenvalue weighted by atomic mass is 16.5. The molecule has 2 heterocycles. The number of aromatic nitrogens is 3. The number of nitrogens with two attached hydrogens (primary N) is 1. The number of hydrogen-bond donors (Lipinski definition) is 2. The van der Waals surface area contributed by atoms with Gasteiger partial charge in [0.1, 0.15) is 11.4 Å². The molecular weight excluding hydrogens is 224 g/mol. The van der Waals surface area contributed by atoms with E-state index < -0.39 is 5.97 Å². The third-order valence-corrected chi connectivity index (χ3v) is 2.25. The number of hydrogen-bond acceptors (Lipinski definition) is 5. The van der Waals surface area contributed by atoms with Gasteiger partial charge in [-0.3, -0.25) is 9.89 Å². The van der Waals surface area contributed by atoms with Crippen LogP contribution in [-0.4, -0.2) is 27.2 Å². The monoisotopic (exact) mass is 236 g/mol. The average molecular weight is 236 g/mol. The molecule has 2 aromatic heterocycles. The van der Waals surface area contributed by atoms with Gasteiger partial charge < -0.3 is 10.5 Å². The quantitative estimate of drug-likeness (QED) is 0.719. The molecule has 0 saturated carbocycles. The first kappa shape index (κ1) is 11.2. The Balaban J connectivity index is 2.75. The number of nitrogen functional groups attached to an aromatic ring is 1. The van der Waals surface area contributed by atoms with E-state index >= 15 is 0 Å². The van der Waals surface area contributed by atoms with Crippen molar-refractivity contribution in [3.05, 3.63) is 27.7 Å². The molecule has 7 nitrogen and oxygen atoms in total. The van der Waals surface area contributed by atoms with Crippen LogP contribution < -0.4 is 11.3 Å². The van der Waals surface area contributed by atoms with E-state index in [4.69, 9.17) is 10.5 Å². The summed E-state index contributed by atoms with van der Waals surface area (Å²) in [7, 11) is 0. The molecule has 0 aliphatic heterocycles. The van der Waals surface area contributed by atoms with E-state index in [-0.39, 0.29) is 29.2 Å². The first-order valence-corrected chi connectivity index (χ1v) is 5.09. The van der Waals surface area contributed by atoms with E-state index in [9.17, 15) is 9.59 Å². The van der Waals surface area contributed by atoms with E-state index in [1.54, 1.807) is 13.8 Å². The van der Waals surface area contributed by atoms with Crippen LogP contribution in [0.25, 0.3) is 5.65 Å². The number of fused-ring (bicyclic) bond motifs is 1. The van der Waals surface area contributed by atoms with Crippen LogP contribution in [0.15, 0.2) is 10.9 Å². The molecule has 7 heteroatoms. The van der Waals surface area contributed by atoms with Crippen molar-refractivity contribution in [2.45, 2.75) is 13.8 Å². The Kier molecular flexibility index (Phi) is 2.58. The number of aryl methyl sites for hydroxylation is 1. The molecule has 0 aliphatic rings. The zero-order chi connectivity index (χ0) is 12.6. The standard InChI is InChI=1S/C10H12N4O3/c1-3-17-10(16)7-8(11)13-14-6(15)4-5(2)12-9(7)14/h4,13H,3,11H2,1-2H3. The van der Waals surface area contributed by atoms with Gasteiger partial charge in [0, 0.05) is 11.8 Å². The third-order valence-electron chi connectivity index (χ3n) is 2.25. The number of esters is 1. The van der Waals surface area contributed by atoms with Crippen LogP contribution in [-0.2, 0) is 4.74 Å². The van der Waals surface area contributed by atoms with Crippen molar-refractivity contribution >= 4 is 17.4 Å². The average Bonchev–Trinajstić information content (AvgIpc) is 2.55. The molecule has 17 heavy (non-hydrogen) atoms. The predicted molar refractivity (Wildman–Crippen MR) is 60.9 cm³/mol. The van der Waals surface area contributed by atoms with Gasteiger partial charge in [0.05, 0.1) is 6.61 Å². The highest BCUT2D eigenvalue weighted by molar-refractivity contribution is 6.00. The van der Waals surface area contributed by atoms with E-state index in [0.29, 0.717) is 5.69 Å². The summed E-state index contributed by atoms with van der Waals surface area (Å²) >= 11 is 0. The predicted octanol–water partition coefficient (Wildman–Crippen LogP) is 0.0899. The zero-order valence-electron chi connectivity index (χ0n) is 9.48. The fourth-order valence-electron chi connectivity index (χ4n) is 1.57. The number of nitrogens with zero attached hydrogens (tertiary/aromatic N) is 2. The molecule has 0 saturated heterocycles. The Morgan fingerprint density at radius 3 is 3.00 bits per heavy atom. The molecule has 0 aliphatic carbocycles. The number of carbonyl (C=O) groups is 1. The molecule has 90 valence electrons. The van der Waals surface area contributed by atoms with Crippen LogP contribution in [0.3, 0.4) is 0 Å². The number of carbonyl (C=O) groups excluding carboxylic acids is 1. The van der Waals surface area contributed by atoms with Gasteiger partial charge in [0.2, 0.25) is 0 Å². The molecule has 0 fully saturated rings. The van der Waals surface area contributed by atoms with E-state index in [1.165, 1.54) is 6.07 Å². The first-order valence-electron chi connectivity index (χ1n) is 5.09. The number of nitrogens with one attached hydrogen (secondary N) is 1. The van der Waals surface area contributed by atoms with Crippen LogP contribution in [0.2, 0.25) is 0 Å². The molecule has 3 N–H and O–H groups in total. The normalized spacial score (nSPS) is 10.7. The largest absolute Gasteiger partial charge is 0.462 e. The molecule has 0 atom stereocenters. The Hall–Kier alpha value is -2.31. The number of rotatable bonds is 2. The molecule has 0 unspecified atom stereocenters. The van der Waals surface area contributed by atoms with E-state index in [0.717, 1.165) is 4.52 Å². The van der Waals surface area contributed by atoms with Gasteiger partial charge in [0.15, 0.2) is 5.65 Å². The van der Waals surface area contributed by atoms with Gasteiger partial charge in [0.25, 0.3) is 5.56 Å². The van der Waals surface area contributed by atoms with Crippen LogP contribution in [0.5, 0.6) is 0 Å². The molecule has 2 rings (SSSR count). The summed E-state index contributed by atoms with van der Waals surface area (Å²) in [4.78, 5) is 27.4. The highest BCUT2D eigenvalue weighted by Crippen LogP contribution is 2.15. The minimum absolute atomic E-state index is 0.0682. The van der Waals surface area contributed by atoms with Crippen LogP contribution in [0.1, 0.15) is 23.0 Å². The smallest absolute Gasteiger partial charge is 0.345 e. The van der Waals surface area contributed by atoms with Crippen LogP contribution in [0, 0.1) is 6.92 Å². The van der Waals surface area contributed by atoms with Crippen molar-refractivity contribution in [2.75, 3.05) is 12.3 Å². The van der Waals surface area contributed by atoms with E-state index in [2.05, 4.69) is 10.1 Å².